The highest BCUT2D eigenvalue weighted by Gasteiger charge is 2.13. The lowest BCUT2D eigenvalue weighted by atomic mass is 10.1. The van der Waals surface area contributed by atoms with E-state index in [1.165, 1.54) is 4.88 Å². The molecule has 0 amide bonds. The summed E-state index contributed by atoms with van der Waals surface area (Å²) in [6.45, 7) is 0. The minimum Gasteiger partial charge on any atom is -0.480 e. The first-order valence-corrected chi connectivity index (χ1v) is 7.18. The highest BCUT2D eigenvalue weighted by Crippen LogP contribution is 2.24. The van der Waals surface area contributed by atoms with Crippen molar-refractivity contribution >= 4 is 27.3 Å². The van der Waals surface area contributed by atoms with Gasteiger partial charge < -0.3 is 10.1 Å². The van der Waals surface area contributed by atoms with E-state index in [2.05, 4.69) is 42.9 Å². The molecule has 6 heteroatoms. The maximum atomic E-state index is 5.01. The molecule has 2 aromatic rings. The molecule has 0 spiro atoms. The van der Waals surface area contributed by atoms with Crippen LogP contribution in [0.25, 0.3) is 0 Å². The standard InChI is InChI=1S/C12H14BrN3OS/c1-14-11(6-9-5-8(13)7-18-9)10-3-4-12(17-2)16-15-10/h3-5,7,11,14H,6H2,1-2H3. The topological polar surface area (TPSA) is 47.0 Å². The van der Waals surface area contributed by atoms with Crippen LogP contribution < -0.4 is 10.1 Å². The number of ether oxygens (including phenoxy) is 1. The predicted molar refractivity (Wildman–Crippen MR) is 76.1 cm³/mol. The third-order valence-electron chi connectivity index (χ3n) is 2.60. The molecule has 2 heterocycles. The van der Waals surface area contributed by atoms with Crippen molar-refractivity contribution in [3.63, 3.8) is 0 Å². The number of aromatic nitrogens is 2. The minimum atomic E-state index is 0.161. The Balaban J connectivity index is 2.12. The van der Waals surface area contributed by atoms with Gasteiger partial charge in [0.25, 0.3) is 0 Å². The molecule has 0 radical (unpaired) electrons. The number of hydrogen-bond acceptors (Lipinski definition) is 5. The summed E-state index contributed by atoms with van der Waals surface area (Å²) in [6, 6.07) is 6.06. The van der Waals surface area contributed by atoms with Gasteiger partial charge in [0, 0.05) is 27.2 Å². The van der Waals surface area contributed by atoms with Crippen molar-refractivity contribution in [2.45, 2.75) is 12.5 Å². The largest absolute Gasteiger partial charge is 0.480 e. The van der Waals surface area contributed by atoms with Crippen LogP contribution in [0.15, 0.2) is 28.1 Å². The van der Waals surface area contributed by atoms with Gasteiger partial charge in [-0.15, -0.1) is 16.4 Å². The summed E-state index contributed by atoms with van der Waals surface area (Å²) in [5, 5.41) is 13.5. The number of thiophene rings is 1. The normalized spacial score (nSPS) is 12.4. The second-order valence-electron chi connectivity index (χ2n) is 3.78. The third kappa shape index (κ3) is 3.28. The Kier molecular flexibility index (Phi) is 4.68. The molecular weight excluding hydrogens is 314 g/mol. The second kappa shape index (κ2) is 6.26. The maximum Gasteiger partial charge on any atom is 0.233 e. The zero-order valence-corrected chi connectivity index (χ0v) is 12.6. The first kappa shape index (κ1) is 13.5. The van der Waals surface area contributed by atoms with Gasteiger partial charge in [0.05, 0.1) is 18.8 Å². The van der Waals surface area contributed by atoms with Gasteiger partial charge in [-0.3, -0.25) is 0 Å². The van der Waals surface area contributed by atoms with E-state index in [4.69, 9.17) is 4.74 Å². The van der Waals surface area contributed by atoms with Crippen molar-refractivity contribution < 1.29 is 4.74 Å². The molecule has 0 bridgehead atoms. The summed E-state index contributed by atoms with van der Waals surface area (Å²) < 4.78 is 6.13. The van der Waals surface area contributed by atoms with Crippen molar-refractivity contribution in [2.24, 2.45) is 0 Å². The van der Waals surface area contributed by atoms with Crippen LogP contribution in [-0.2, 0) is 6.42 Å². The van der Waals surface area contributed by atoms with E-state index in [9.17, 15) is 0 Å². The van der Waals surface area contributed by atoms with Gasteiger partial charge in [0.1, 0.15) is 0 Å². The molecule has 1 atom stereocenters. The lowest BCUT2D eigenvalue weighted by Gasteiger charge is -2.14. The zero-order valence-electron chi connectivity index (χ0n) is 10.2. The van der Waals surface area contributed by atoms with Gasteiger partial charge in [-0.25, -0.2) is 0 Å². The summed E-state index contributed by atoms with van der Waals surface area (Å²) in [7, 11) is 3.52. The highest BCUT2D eigenvalue weighted by molar-refractivity contribution is 9.10. The molecular formula is C12H14BrN3OS. The van der Waals surface area contributed by atoms with Crippen LogP contribution in [0.1, 0.15) is 16.6 Å². The smallest absolute Gasteiger partial charge is 0.233 e. The van der Waals surface area contributed by atoms with Crippen LogP contribution in [0.3, 0.4) is 0 Å². The molecule has 18 heavy (non-hydrogen) atoms. The Labute approximate surface area is 119 Å². The van der Waals surface area contributed by atoms with Crippen molar-refractivity contribution in [1.29, 1.82) is 0 Å². The Bertz CT molecular complexity index is 500. The van der Waals surface area contributed by atoms with E-state index >= 15 is 0 Å². The van der Waals surface area contributed by atoms with Crippen LogP contribution in [0.2, 0.25) is 0 Å². The van der Waals surface area contributed by atoms with Crippen LogP contribution >= 0.6 is 27.3 Å². The molecule has 0 saturated carbocycles. The van der Waals surface area contributed by atoms with Crippen LogP contribution in [-0.4, -0.2) is 24.4 Å². The second-order valence-corrected chi connectivity index (χ2v) is 5.69. The Morgan fingerprint density at radius 2 is 2.28 bits per heavy atom. The number of rotatable bonds is 5. The molecule has 0 aliphatic carbocycles. The lowest BCUT2D eigenvalue weighted by molar-refractivity contribution is 0.389. The number of hydrogen-bond donors (Lipinski definition) is 1. The molecule has 0 saturated heterocycles. The third-order valence-corrected chi connectivity index (χ3v) is 4.32. The maximum absolute atomic E-state index is 5.01. The molecule has 1 N–H and O–H groups in total. The molecule has 2 aromatic heterocycles. The number of nitrogens with zero attached hydrogens (tertiary/aromatic N) is 2. The van der Waals surface area contributed by atoms with Crippen molar-refractivity contribution in [3.8, 4) is 5.88 Å². The molecule has 96 valence electrons. The van der Waals surface area contributed by atoms with E-state index < -0.39 is 0 Å². The molecule has 4 nitrogen and oxygen atoms in total. The Morgan fingerprint density at radius 1 is 1.44 bits per heavy atom. The highest BCUT2D eigenvalue weighted by atomic mass is 79.9. The van der Waals surface area contributed by atoms with E-state index in [1.54, 1.807) is 18.4 Å². The van der Waals surface area contributed by atoms with Gasteiger partial charge in [-0.1, -0.05) is 0 Å². The minimum absolute atomic E-state index is 0.161. The fourth-order valence-electron chi connectivity index (χ4n) is 1.64. The van der Waals surface area contributed by atoms with E-state index in [1.807, 2.05) is 19.2 Å². The average molecular weight is 328 g/mol. The van der Waals surface area contributed by atoms with Crippen molar-refractivity contribution in [2.75, 3.05) is 14.2 Å². The SMILES string of the molecule is CNC(Cc1cc(Br)cs1)c1ccc(OC)nn1. The summed E-state index contributed by atoms with van der Waals surface area (Å²) >= 11 is 5.20. The van der Waals surface area contributed by atoms with Gasteiger partial charge >= 0.3 is 0 Å². The molecule has 0 fully saturated rings. The van der Waals surface area contributed by atoms with Gasteiger partial charge in [-0.05, 0) is 35.1 Å². The first-order chi connectivity index (χ1) is 8.72. The number of halogens is 1. The lowest BCUT2D eigenvalue weighted by Crippen LogP contribution is -2.20. The fraction of sp³-hybridized carbons (Fsp3) is 0.333. The van der Waals surface area contributed by atoms with Gasteiger partial charge in [-0.2, -0.15) is 5.10 Å². The Hall–Kier alpha value is -0.980. The summed E-state index contributed by atoms with van der Waals surface area (Å²) in [5.74, 6) is 0.535. The average Bonchev–Trinajstić information content (AvgIpc) is 2.82. The molecule has 0 aliphatic heterocycles. The molecule has 2 rings (SSSR count). The van der Waals surface area contributed by atoms with Crippen LogP contribution in [0.5, 0.6) is 5.88 Å². The van der Waals surface area contributed by atoms with E-state index in [0.717, 1.165) is 16.6 Å². The molecule has 0 aromatic carbocycles. The molecule has 1 unspecified atom stereocenters. The van der Waals surface area contributed by atoms with Crippen LogP contribution in [0, 0.1) is 0 Å². The zero-order chi connectivity index (χ0) is 13.0. The first-order valence-electron chi connectivity index (χ1n) is 5.50. The number of nitrogens with one attached hydrogen (secondary N) is 1. The number of likely N-dealkylation sites (N-methyl/N-ethyl adjacent to an activating group) is 1. The van der Waals surface area contributed by atoms with Crippen molar-refractivity contribution in [3.05, 3.63) is 38.6 Å². The monoisotopic (exact) mass is 327 g/mol. The van der Waals surface area contributed by atoms with Gasteiger partial charge in [0.2, 0.25) is 5.88 Å². The Morgan fingerprint density at radius 3 is 2.78 bits per heavy atom. The number of methoxy groups -OCH3 is 1. The quantitative estimate of drug-likeness (QED) is 0.917. The van der Waals surface area contributed by atoms with E-state index in [-0.39, 0.29) is 6.04 Å². The molecule has 0 aliphatic rings. The van der Waals surface area contributed by atoms with E-state index in [0.29, 0.717) is 5.88 Å². The van der Waals surface area contributed by atoms with Crippen molar-refractivity contribution in [1.82, 2.24) is 15.5 Å². The van der Waals surface area contributed by atoms with Gasteiger partial charge in [0.15, 0.2) is 0 Å². The summed E-state index contributed by atoms with van der Waals surface area (Å²) in [5.41, 5.74) is 0.919. The predicted octanol–water partition coefficient (Wildman–Crippen LogP) is 2.81. The summed E-state index contributed by atoms with van der Waals surface area (Å²) in [6.07, 6.45) is 0.897. The summed E-state index contributed by atoms with van der Waals surface area (Å²) in [4.78, 5) is 1.30. The van der Waals surface area contributed by atoms with Crippen LogP contribution in [0.4, 0.5) is 0 Å². The fourth-order valence-corrected chi connectivity index (χ4v) is 3.14.